The lowest BCUT2D eigenvalue weighted by Crippen LogP contribution is -2.30. The van der Waals surface area contributed by atoms with Gasteiger partial charge < -0.3 is 15.2 Å². The summed E-state index contributed by atoms with van der Waals surface area (Å²) in [4.78, 5) is 18.0. The van der Waals surface area contributed by atoms with Crippen molar-refractivity contribution < 1.29 is 14.6 Å². The van der Waals surface area contributed by atoms with E-state index >= 15 is 0 Å². The molecule has 2 rings (SSSR count). The van der Waals surface area contributed by atoms with E-state index in [2.05, 4.69) is 15.3 Å². The van der Waals surface area contributed by atoms with Crippen LogP contribution in [0, 0.1) is 0 Å². The molecule has 0 radical (unpaired) electrons. The van der Waals surface area contributed by atoms with Gasteiger partial charge in [-0.25, -0.2) is 14.8 Å². The van der Waals surface area contributed by atoms with Crippen LogP contribution in [0.5, 0.6) is 0 Å². The van der Waals surface area contributed by atoms with Gasteiger partial charge in [-0.05, 0) is 6.26 Å². The van der Waals surface area contributed by atoms with Crippen molar-refractivity contribution in [3.8, 4) is 0 Å². The normalized spacial score (nSPS) is 14.6. The summed E-state index contributed by atoms with van der Waals surface area (Å²) in [6.07, 6.45) is 3.04. The maximum Gasteiger partial charge on any atom is 0.356 e. The Balaban J connectivity index is 0.000000225. The third-order valence-corrected chi connectivity index (χ3v) is 2.79. The number of ether oxygens (including phenoxy) is 1. The van der Waals surface area contributed by atoms with Crippen LogP contribution in [0.15, 0.2) is 11.4 Å². The molecule has 0 bridgehead atoms. The number of nitrogens with zero attached hydrogens (tertiary/aromatic N) is 2. The molecule has 6 nitrogen and oxygen atoms in total. The first-order chi connectivity index (χ1) is 8.65. The first-order valence-corrected chi connectivity index (χ1v) is 6.83. The van der Waals surface area contributed by atoms with Crippen LogP contribution in [0.1, 0.15) is 10.5 Å². The lowest BCUT2D eigenvalue weighted by molar-refractivity contribution is 0.0689. The zero-order chi connectivity index (χ0) is 13.4. The SMILES string of the molecule is C1COCCN1.CSc1ncc(Cl)c(C(=O)O)n1. The second kappa shape index (κ2) is 8.25. The van der Waals surface area contributed by atoms with E-state index in [0.717, 1.165) is 26.3 Å². The number of aromatic carboxylic acids is 1. The minimum atomic E-state index is -1.14. The molecule has 0 aromatic carbocycles. The second-order valence-corrected chi connectivity index (χ2v) is 4.40. The monoisotopic (exact) mass is 291 g/mol. The van der Waals surface area contributed by atoms with E-state index in [0.29, 0.717) is 5.16 Å². The highest BCUT2D eigenvalue weighted by molar-refractivity contribution is 7.98. The highest BCUT2D eigenvalue weighted by atomic mass is 35.5. The fourth-order valence-corrected chi connectivity index (χ4v) is 1.63. The number of nitrogens with one attached hydrogen (secondary N) is 1. The van der Waals surface area contributed by atoms with Gasteiger partial charge in [-0.15, -0.1) is 0 Å². The summed E-state index contributed by atoms with van der Waals surface area (Å²) in [7, 11) is 0. The number of rotatable bonds is 2. The number of morpholine rings is 1. The van der Waals surface area contributed by atoms with E-state index in [-0.39, 0.29) is 10.7 Å². The lowest BCUT2D eigenvalue weighted by atomic mass is 10.4. The summed E-state index contributed by atoms with van der Waals surface area (Å²) in [6.45, 7) is 3.83. The smallest absolute Gasteiger partial charge is 0.356 e. The quantitative estimate of drug-likeness (QED) is 0.625. The van der Waals surface area contributed by atoms with Crippen molar-refractivity contribution in [3.05, 3.63) is 16.9 Å². The highest BCUT2D eigenvalue weighted by Gasteiger charge is 2.11. The zero-order valence-electron chi connectivity index (χ0n) is 9.85. The summed E-state index contributed by atoms with van der Waals surface area (Å²) in [5, 5.41) is 12.2. The second-order valence-electron chi connectivity index (χ2n) is 3.22. The minimum Gasteiger partial charge on any atom is -0.476 e. The standard InChI is InChI=1S/C6H5ClN2O2S.C4H9NO/c1-12-6-8-2-3(7)4(9-6)5(10)11;1-3-6-4-2-5-1/h2H,1H3,(H,10,11);5H,1-4H2. The Morgan fingerprint density at radius 3 is 2.61 bits per heavy atom. The van der Waals surface area contributed by atoms with Gasteiger partial charge in [0, 0.05) is 13.1 Å². The number of carboxylic acids is 1. The van der Waals surface area contributed by atoms with E-state index in [4.69, 9.17) is 21.4 Å². The molecular weight excluding hydrogens is 278 g/mol. The summed E-state index contributed by atoms with van der Waals surface area (Å²) >= 11 is 6.80. The van der Waals surface area contributed by atoms with Crippen LogP contribution in [-0.4, -0.2) is 53.6 Å². The average molecular weight is 292 g/mol. The Morgan fingerprint density at radius 1 is 1.56 bits per heavy atom. The van der Waals surface area contributed by atoms with Crippen molar-refractivity contribution in [1.82, 2.24) is 15.3 Å². The third kappa shape index (κ3) is 5.18. The summed E-state index contributed by atoms with van der Waals surface area (Å²) in [5.74, 6) is -1.14. The molecule has 0 aliphatic carbocycles. The number of carbonyl (C=O) groups is 1. The largest absolute Gasteiger partial charge is 0.476 e. The molecule has 0 spiro atoms. The number of thioether (sulfide) groups is 1. The van der Waals surface area contributed by atoms with E-state index in [1.165, 1.54) is 18.0 Å². The van der Waals surface area contributed by atoms with E-state index in [1.54, 1.807) is 6.26 Å². The molecule has 2 heterocycles. The molecule has 1 aliphatic heterocycles. The van der Waals surface area contributed by atoms with E-state index in [9.17, 15) is 4.79 Å². The number of carboxylic acid groups (broad SMARTS) is 1. The van der Waals surface area contributed by atoms with Gasteiger partial charge in [0.05, 0.1) is 24.4 Å². The van der Waals surface area contributed by atoms with Crippen LogP contribution in [0.3, 0.4) is 0 Å². The zero-order valence-corrected chi connectivity index (χ0v) is 11.4. The van der Waals surface area contributed by atoms with Crippen LogP contribution in [0.25, 0.3) is 0 Å². The van der Waals surface area contributed by atoms with Crippen molar-refractivity contribution in [2.75, 3.05) is 32.6 Å². The van der Waals surface area contributed by atoms with Gasteiger partial charge in [0.2, 0.25) is 0 Å². The molecule has 2 N–H and O–H groups in total. The van der Waals surface area contributed by atoms with Crippen LogP contribution in [-0.2, 0) is 4.74 Å². The predicted octanol–water partition coefficient (Wildman–Crippen LogP) is 1.16. The molecule has 0 unspecified atom stereocenters. The maximum atomic E-state index is 10.5. The molecule has 0 atom stereocenters. The Kier molecular flexibility index (Phi) is 6.96. The molecule has 8 heteroatoms. The number of hydrogen-bond donors (Lipinski definition) is 2. The van der Waals surface area contributed by atoms with E-state index < -0.39 is 5.97 Å². The molecule has 1 saturated heterocycles. The third-order valence-electron chi connectivity index (χ3n) is 1.95. The first kappa shape index (κ1) is 15.2. The number of hydrogen-bond acceptors (Lipinski definition) is 6. The van der Waals surface area contributed by atoms with Crippen molar-refractivity contribution in [3.63, 3.8) is 0 Å². The fraction of sp³-hybridized carbons (Fsp3) is 0.500. The molecule has 1 aromatic rings. The van der Waals surface area contributed by atoms with Crippen molar-refractivity contribution in [2.24, 2.45) is 0 Å². The van der Waals surface area contributed by atoms with Crippen molar-refractivity contribution >= 4 is 29.3 Å². The Morgan fingerprint density at radius 2 is 2.22 bits per heavy atom. The predicted molar refractivity (Wildman–Crippen MR) is 69.5 cm³/mol. The summed E-state index contributed by atoms with van der Waals surface area (Å²) in [6, 6.07) is 0. The summed E-state index contributed by atoms with van der Waals surface area (Å²) in [5.41, 5.74) is -0.156. The topological polar surface area (TPSA) is 84.3 Å². The van der Waals surface area contributed by atoms with Gasteiger partial charge in [-0.3, -0.25) is 0 Å². The number of aromatic nitrogens is 2. The number of halogens is 1. The molecular formula is C10H14ClN3O3S. The highest BCUT2D eigenvalue weighted by Crippen LogP contribution is 2.15. The molecule has 100 valence electrons. The van der Waals surface area contributed by atoms with Gasteiger partial charge in [0.15, 0.2) is 10.9 Å². The first-order valence-electron chi connectivity index (χ1n) is 5.23. The lowest BCUT2D eigenvalue weighted by Gasteiger charge is -2.10. The molecule has 0 amide bonds. The van der Waals surface area contributed by atoms with Crippen LogP contribution in [0.2, 0.25) is 5.02 Å². The van der Waals surface area contributed by atoms with Gasteiger partial charge in [-0.2, -0.15) is 0 Å². The van der Waals surface area contributed by atoms with Crippen molar-refractivity contribution in [1.29, 1.82) is 0 Å². The average Bonchev–Trinajstić information content (AvgIpc) is 2.41. The van der Waals surface area contributed by atoms with Crippen LogP contribution < -0.4 is 5.32 Å². The van der Waals surface area contributed by atoms with Crippen LogP contribution in [0.4, 0.5) is 0 Å². The molecule has 1 aliphatic rings. The fourth-order valence-electron chi connectivity index (χ4n) is 1.12. The maximum absolute atomic E-state index is 10.5. The van der Waals surface area contributed by atoms with Crippen LogP contribution >= 0.6 is 23.4 Å². The van der Waals surface area contributed by atoms with E-state index in [1.807, 2.05) is 0 Å². The van der Waals surface area contributed by atoms with Gasteiger partial charge in [-0.1, -0.05) is 23.4 Å². The van der Waals surface area contributed by atoms with Gasteiger partial charge >= 0.3 is 5.97 Å². The Bertz CT molecular complexity index is 390. The Labute approximate surface area is 114 Å². The Hall–Kier alpha value is -0.890. The molecule has 18 heavy (non-hydrogen) atoms. The van der Waals surface area contributed by atoms with Gasteiger partial charge in [0.25, 0.3) is 0 Å². The summed E-state index contributed by atoms with van der Waals surface area (Å²) < 4.78 is 5.01. The molecule has 1 fully saturated rings. The van der Waals surface area contributed by atoms with Gasteiger partial charge in [0.1, 0.15) is 0 Å². The van der Waals surface area contributed by atoms with Crippen molar-refractivity contribution in [2.45, 2.75) is 5.16 Å². The minimum absolute atomic E-state index is 0.0558. The molecule has 0 saturated carbocycles. The molecule has 1 aromatic heterocycles.